The van der Waals surface area contributed by atoms with E-state index in [0.717, 1.165) is 29.3 Å². The van der Waals surface area contributed by atoms with Gasteiger partial charge in [-0.15, -0.1) is 0 Å². The van der Waals surface area contributed by atoms with Crippen molar-refractivity contribution in [1.82, 2.24) is 9.88 Å². The van der Waals surface area contributed by atoms with Crippen LogP contribution in [0.4, 0.5) is 0 Å². The Hall–Kier alpha value is -1.90. The van der Waals surface area contributed by atoms with Crippen molar-refractivity contribution in [2.24, 2.45) is 0 Å². The fourth-order valence-corrected chi connectivity index (χ4v) is 2.08. The van der Waals surface area contributed by atoms with Crippen LogP contribution in [-0.2, 0) is 11.3 Å². The Morgan fingerprint density at radius 1 is 1.32 bits per heavy atom. The number of unbranched alkanes of at least 4 members (excludes halogenated alkanes) is 1. The molecule has 3 heteroatoms. The molecular formula is C16H20N2O. The second-order valence-electron chi connectivity index (χ2n) is 4.89. The molecule has 0 saturated carbocycles. The van der Waals surface area contributed by atoms with Crippen molar-refractivity contribution in [3.05, 3.63) is 42.1 Å². The van der Waals surface area contributed by atoms with Gasteiger partial charge in [0.2, 0.25) is 5.91 Å². The third-order valence-corrected chi connectivity index (χ3v) is 3.24. The van der Waals surface area contributed by atoms with Gasteiger partial charge in [0.05, 0.1) is 5.52 Å². The number of hydrogen-bond donors (Lipinski definition) is 0. The summed E-state index contributed by atoms with van der Waals surface area (Å²) in [4.78, 5) is 18.1. The third-order valence-electron chi connectivity index (χ3n) is 3.24. The maximum atomic E-state index is 11.9. The van der Waals surface area contributed by atoms with Gasteiger partial charge < -0.3 is 4.90 Å². The number of aromatic nitrogens is 1. The molecule has 0 atom stereocenters. The van der Waals surface area contributed by atoms with Gasteiger partial charge in [-0.25, -0.2) is 0 Å². The van der Waals surface area contributed by atoms with Gasteiger partial charge in [-0.3, -0.25) is 9.78 Å². The summed E-state index contributed by atoms with van der Waals surface area (Å²) in [6.45, 7) is 2.72. The number of fused-ring (bicyclic) bond motifs is 1. The quantitative estimate of drug-likeness (QED) is 0.821. The highest BCUT2D eigenvalue weighted by molar-refractivity contribution is 5.79. The van der Waals surface area contributed by atoms with Crippen LogP contribution in [0, 0.1) is 0 Å². The van der Waals surface area contributed by atoms with E-state index in [1.54, 1.807) is 4.90 Å². The number of amides is 1. The van der Waals surface area contributed by atoms with Crippen molar-refractivity contribution in [2.75, 3.05) is 7.05 Å². The molecule has 0 aliphatic heterocycles. The van der Waals surface area contributed by atoms with Gasteiger partial charge in [-0.1, -0.05) is 31.5 Å². The molecular weight excluding hydrogens is 236 g/mol. The standard InChI is InChI=1S/C16H20N2O/c1-3-4-9-16(19)18(2)12-13-10-14-7-5-6-8-15(14)17-11-13/h5-8,10-11H,3-4,9,12H2,1-2H3. The first kappa shape index (κ1) is 13.5. The average Bonchev–Trinajstić information content (AvgIpc) is 2.44. The molecule has 0 radical (unpaired) electrons. The Labute approximate surface area is 114 Å². The summed E-state index contributed by atoms with van der Waals surface area (Å²) in [5.41, 5.74) is 2.07. The van der Waals surface area contributed by atoms with Crippen molar-refractivity contribution in [3.8, 4) is 0 Å². The fraction of sp³-hybridized carbons (Fsp3) is 0.375. The van der Waals surface area contributed by atoms with Gasteiger partial charge >= 0.3 is 0 Å². The van der Waals surface area contributed by atoms with E-state index in [1.165, 1.54) is 0 Å². The maximum Gasteiger partial charge on any atom is 0.222 e. The second kappa shape index (κ2) is 6.32. The van der Waals surface area contributed by atoms with Crippen LogP contribution in [0.2, 0.25) is 0 Å². The van der Waals surface area contributed by atoms with Crippen LogP contribution < -0.4 is 0 Å². The minimum Gasteiger partial charge on any atom is -0.341 e. The van der Waals surface area contributed by atoms with Crippen molar-refractivity contribution >= 4 is 16.8 Å². The van der Waals surface area contributed by atoms with Gasteiger partial charge in [0.15, 0.2) is 0 Å². The Bertz CT molecular complexity index is 565. The number of rotatable bonds is 5. The van der Waals surface area contributed by atoms with E-state index >= 15 is 0 Å². The lowest BCUT2D eigenvalue weighted by Gasteiger charge is -2.17. The zero-order chi connectivity index (χ0) is 13.7. The smallest absolute Gasteiger partial charge is 0.222 e. The van der Waals surface area contributed by atoms with E-state index in [4.69, 9.17) is 0 Å². The predicted molar refractivity (Wildman–Crippen MR) is 77.7 cm³/mol. The van der Waals surface area contributed by atoms with Gasteiger partial charge in [-0.05, 0) is 24.1 Å². The molecule has 0 N–H and O–H groups in total. The minimum absolute atomic E-state index is 0.204. The van der Waals surface area contributed by atoms with Crippen LogP contribution in [0.25, 0.3) is 10.9 Å². The molecule has 0 bridgehead atoms. The molecule has 0 fully saturated rings. The summed E-state index contributed by atoms with van der Waals surface area (Å²) >= 11 is 0. The van der Waals surface area contributed by atoms with Crippen LogP contribution in [-0.4, -0.2) is 22.8 Å². The molecule has 1 aromatic carbocycles. The van der Waals surface area contributed by atoms with E-state index in [0.29, 0.717) is 13.0 Å². The number of carbonyl (C=O) groups is 1. The first-order chi connectivity index (χ1) is 9.20. The van der Waals surface area contributed by atoms with E-state index in [2.05, 4.69) is 18.0 Å². The lowest BCUT2D eigenvalue weighted by atomic mass is 10.1. The molecule has 0 spiro atoms. The Kier molecular flexibility index (Phi) is 4.50. The average molecular weight is 256 g/mol. The minimum atomic E-state index is 0.204. The summed E-state index contributed by atoms with van der Waals surface area (Å²) in [7, 11) is 1.85. The van der Waals surface area contributed by atoms with Crippen molar-refractivity contribution in [2.45, 2.75) is 32.7 Å². The third kappa shape index (κ3) is 3.53. The van der Waals surface area contributed by atoms with Gasteiger partial charge in [0, 0.05) is 31.6 Å². The predicted octanol–water partition coefficient (Wildman–Crippen LogP) is 3.38. The van der Waals surface area contributed by atoms with E-state index in [-0.39, 0.29) is 5.91 Å². The van der Waals surface area contributed by atoms with Crippen molar-refractivity contribution in [3.63, 3.8) is 0 Å². The zero-order valence-electron chi connectivity index (χ0n) is 11.6. The number of hydrogen-bond acceptors (Lipinski definition) is 2. The second-order valence-corrected chi connectivity index (χ2v) is 4.89. The molecule has 0 saturated heterocycles. The highest BCUT2D eigenvalue weighted by atomic mass is 16.2. The molecule has 100 valence electrons. The van der Waals surface area contributed by atoms with Crippen LogP contribution >= 0.6 is 0 Å². The number of nitrogens with zero attached hydrogens (tertiary/aromatic N) is 2. The summed E-state index contributed by atoms with van der Waals surface area (Å²) in [5.74, 6) is 0.204. The van der Waals surface area contributed by atoms with Gasteiger partial charge in [-0.2, -0.15) is 0 Å². The molecule has 3 nitrogen and oxygen atoms in total. The maximum absolute atomic E-state index is 11.9. The SMILES string of the molecule is CCCCC(=O)N(C)Cc1cnc2ccccc2c1. The van der Waals surface area contributed by atoms with E-state index in [9.17, 15) is 4.79 Å². The first-order valence-corrected chi connectivity index (χ1v) is 6.78. The lowest BCUT2D eigenvalue weighted by molar-refractivity contribution is -0.130. The number of para-hydroxylation sites is 1. The van der Waals surface area contributed by atoms with Crippen molar-refractivity contribution < 1.29 is 4.79 Å². The molecule has 2 rings (SSSR count). The van der Waals surface area contributed by atoms with Crippen LogP contribution in [0.3, 0.4) is 0 Å². The van der Waals surface area contributed by atoms with E-state index in [1.807, 2.05) is 37.5 Å². The highest BCUT2D eigenvalue weighted by Gasteiger charge is 2.09. The number of benzene rings is 1. The van der Waals surface area contributed by atoms with E-state index < -0.39 is 0 Å². The lowest BCUT2D eigenvalue weighted by Crippen LogP contribution is -2.25. The molecule has 0 unspecified atom stereocenters. The molecule has 19 heavy (non-hydrogen) atoms. The summed E-state index contributed by atoms with van der Waals surface area (Å²) in [5, 5.41) is 1.12. The van der Waals surface area contributed by atoms with Crippen LogP contribution in [0.15, 0.2) is 36.5 Å². The highest BCUT2D eigenvalue weighted by Crippen LogP contribution is 2.14. The molecule has 2 aromatic rings. The Morgan fingerprint density at radius 3 is 2.89 bits per heavy atom. The topological polar surface area (TPSA) is 33.2 Å². The molecule has 1 aromatic heterocycles. The number of carbonyl (C=O) groups excluding carboxylic acids is 1. The molecule has 1 amide bonds. The fourth-order valence-electron chi connectivity index (χ4n) is 2.08. The van der Waals surface area contributed by atoms with Crippen LogP contribution in [0.5, 0.6) is 0 Å². The molecule has 1 heterocycles. The van der Waals surface area contributed by atoms with Gasteiger partial charge in [0.25, 0.3) is 0 Å². The number of pyridine rings is 1. The molecule has 0 aliphatic carbocycles. The Morgan fingerprint density at radius 2 is 2.11 bits per heavy atom. The largest absolute Gasteiger partial charge is 0.341 e. The van der Waals surface area contributed by atoms with Gasteiger partial charge in [0.1, 0.15) is 0 Å². The zero-order valence-corrected chi connectivity index (χ0v) is 11.6. The summed E-state index contributed by atoms with van der Waals surface area (Å²) in [6.07, 6.45) is 4.50. The normalized spacial score (nSPS) is 10.6. The van der Waals surface area contributed by atoms with Crippen LogP contribution in [0.1, 0.15) is 31.7 Å². The monoisotopic (exact) mass is 256 g/mol. The first-order valence-electron chi connectivity index (χ1n) is 6.78. The summed E-state index contributed by atoms with van der Waals surface area (Å²) in [6, 6.07) is 10.1. The Balaban J connectivity index is 2.06. The van der Waals surface area contributed by atoms with Crippen molar-refractivity contribution in [1.29, 1.82) is 0 Å². The molecule has 0 aliphatic rings. The summed E-state index contributed by atoms with van der Waals surface area (Å²) < 4.78 is 0.